The first-order chi connectivity index (χ1) is 17.8. The average Bonchev–Trinajstić information content (AvgIpc) is 3.13. The highest BCUT2D eigenvalue weighted by atomic mass is 35.5. The minimum absolute atomic E-state index is 0.00538. The van der Waals surface area contributed by atoms with Crippen LogP contribution in [0.1, 0.15) is 75.8 Å². The summed E-state index contributed by atoms with van der Waals surface area (Å²) >= 11 is 12.7. The van der Waals surface area contributed by atoms with Crippen LogP contribution in [0.4, 0.5) is 5.69 Å². The lowest BCUT2D eigenvalue weighted by atomic mass is 9.78. The van der Waals surface area contributed by atoms with E-state index in [0.717, 1.165) is 61.8 Å². The minimum Gasteiger partial charge on any atom is -0.352 e. The molecule has 37 heavy (non-hydrogen) atoms. The van der Waals surface area contributed by atoms with E-state index in [1.54, 1.807) is 0 Å². The van der Waals surface area contributed by atoms with Crippen LogP contribution in [0.3, 0.4) is 0 Å². The molecule has 0 aromatic heterocycles. The van der Waals surface area contributed by atoms with Gasteiger partial charge in [-0.2, -0.15) is 0 Å². The highest BCUT2D eigenvalue weighted by Crippen LogP contribution is 2.47. The first kappa shape index (κ1) is 26.5. The van der Waals surface area contributed by atoms with E-state index >= 15 is 0 Å². The van der Waals surface area contributed by atoms with Gasteiger partial charge in [-0.3, -0.25) is 14.5 Å². The highest BCUT2D eigenvalue weighted by Gasteiger charge is 2.54. The minimum atomic E-state index is -1.03. The fourth-order valence-electron chi connectivity index (χ4n) is 6.77. The number of amides is 2. The van der Waals surface area contributed by atoms with E-state index < -0.39 is 5.54 Å². The molecule has 1 heterocycles. The quantitative estimate of drug-likeness (QED) is 0.409. The number of anilines is 1. The Labute approximate surface area is 230 Å². The first-order valence-electron chi connectivity index (χ1n) is 13.8. The van der Waals surface area contributed by atoms with E-state index in [2.05, 4.69) is 22.5 Å². The van der Waals surface area contributed by atoms with Crippen molar-refractivity contribution in [1.82, 2.24) is 10.2 Å². The van der Waals surface area contributed by atoms with Crippen LogP contribution < -0.4 is 10.6 Å². The third-order valence-electron chi connectivity index (χ3n) is 8.52. The van der Waals surface area contributed by atoms with Gasteiger partial charge in [0, 0.05) is 39.8 Å². The number of carbonyl (C=O) groups excluding carboxylic acids is 2. The summed E-state index contributed by atoms with van der Waals surface area (Å²) in [7, 11) is 0. The molecular weight excluding hydrogens is 505 g/mol. The lowest BCUT2D eigenvalue weighted by molar-refractivity contribution is -0.135. The van der Waals surface area contributed by atoms with Gasteiger partial charge in [0.1, 0.15) is 5.54 Å². The molecular formula is C30H37Cl2N3O2. The van der Waals surface area contributed by atoms with Crippen molar-refractivity contribution >= 4 is 40.7 Å². The molecule has 2 aromatic carbocycles. The van der Waals surface area contributed by atoms with E-state index in [9.17, 15) is 9.59 Å². The van der Waals surface area contributed by atoms with Gasteiger partial charge in [-0.25, -0.2) is 0 Å². The number of halogens is 2. The van der Waals surface area contributed by atoms with E-state index in [1.165, 1.54) is 12.8 Å². The Hall–Kier alpha value is -2.08. The summed E-state index contributed by atoms with van der Waals surface area (Å²) in [5.74, 6) is 0.444. The summed E-state index contributed by atoms with van der Waals surface area (Å²) < 4.78 is 0. The molecule has 2 fully saturated rings. The molecule has 2 aromatic rings. The molecule has 1 unspecified atom stereocenters. The standard InChI is InChI=1S/C30H37Cl2N3O2/c1-20-7-5-12-25(15-20)35(19-28(36)33-24-10-3-2-4-11-24)30(18-21-8-6-9-22(31)16-21)26-14-13-23(32)17-27(26)34-29(30)37/h6,8-9,13-14,16-17,20,24-25H,2-5,7,10-12,15,18-19H2,1H3,(H,33,36)(H,34,37)/t20-,25-,30?/m1/s1. The maximum Gasteiger partial charge on any atom is 0.249 e. The molecule has 3 atom stereocenters. The summed E-state index contributed by atoms with van der Waals surface area (Å²) in [5, 5.41) is 7.64. The Morgan fingerprint density at radius 1 is 1.03 bits per heavy atom. The maximum absolute atomic E-state index is 14.1. The number of carbonyl (C=O) groups is 2. The number of benzene rings is 2. The number of fused-ring (bicyclic) bond motifs is 1. The van der Waals surface area contributed by atoms with Gasteiger partial charge < -0.3 is 10.6 Å². The second kappa shape index (κ2) is 11.3. The number of hydrogen-bond donors (Lipinski definition) is 2. The summed E-state index contributed by atoms with van der Waals surface area (Å²) in [6, 6.07) is 13.7. The summed E-state index contributed by atoms with van der Waals surface area (Å²) in [4.78, 5) is 29.9. The molecule has 0 radical (unpaired) electrons. The summed E-state index contributed by atoms with van der Waals surface area (Å²) in [6.07, 6.45) is 10.2. The van der Waals surface area contributed by atoms with Crippen molar-refractivity contribution < 1.29 is 9.59 Å². The van der Waals surface area contributed by atoms with Crippen molar-refractivity contribution in [3.63, 3.8) is 0 Å². The summed E-state index contributed by atoms with van der Waals surface area (Å²) in [5.41, 5.74) is 1.54. The van der Waals surface area contributed by atoms with Crippen LogP contribution in [0.5, 0.6) is 0 Å². The van der Waals surface area contributed by atoms with Gasteiger partial charge in [-0.05, 0) is 61.4 Å². The van der Waals surface area contributed by atoms with E-state index in [0.29, 0.717) is 22.4 Å². The van der Waals surface area contributed by atoms with Gasteiger partial charge in [-0.1, -0.05) is 80.4 Å². The molecule has 2 aliphatic carbocycles. The molecule has 0 saturated heterocycles. The fourth-order valence-corrected chi connectivity index (χ4v) is 7.15. The van der Waals surface area contributed by atoms with Gasteiger partial charge >= 0.3 is 0 Å². The highest BCUT2D eigenvalue weighted by molar-refractivity contribution is 6.31. The van der Waals surface area contributed by atoms with Crippen LogP contribution in [0.15, 0.2) is 42.5 Å². The molecule has 1 aliphatic heterocycles. The lowest BCUT2D eigenvalue weighted by Gasteiger charge is -2.46. The topological polar surface area (TPSA) is 61.4 Å². The molecule has 3 aliphatic rings. The Morgan fingerprint density at radius 2 is 1.81 bits per heavy atom. The Morgan fingerprint density at radius 3 is 2.57 bits per heavy atom. The van der Waals surface area contributed by atoms with Gasteiger partial charge in [0.25, 0.3) is 0 Å². The second-order valence-corrected chi connectivity index (χ2v) is 12.1. The van der Waals surface area contributed by atoms with Crippen LogP contribution >= 0.6 is 23.2 Å². The van der Waals surface area contributed by atoms with E-state index in [-0.39, 0.29) is 30.4 Å². The zero-order valence-corrected chi connectivity index (χ0v) is 23.1. The Kier molecular flexibility index (Phi) is 8.13. The van der Waals surface area contributed by atoms with Crippen LogP contribution in [0.2, 0.25) is 10.0 Å². The molecule has 5 rings (SSSR count). The normalized spacial score (nSPS) is 26.1. The van der Waals surface area contributed by atoms with E-state index in [1.807, 2.05) is 42.5 Å². The molecule has 5 nitrogen and oxygen atoms in total. The number of nitrogens with zero attached hydrogens (tertiary/aromatic N) is 1. The van der Waals surface area contributed by atoms with Crippen molar-refractivity contribution in [2.75, 3.05) is 11.9 Å². The van der Waals surface area contributed by atoms with Crippen LogP contribution in [0, 0.1) is 5.92 Å². The van der Waals surface area contributed by atoms with Crippen molar-refractivity contribution in [1.29, 1.82) is 0 Å². The summed E-state index contributed by atoms with van der Waals surface area (Å²) in [6.45, 7) is 2.46. The first-order valence-corrected chi connectivity index (χ1v) is 14.5. The fraction of sp³-hybridized carbons (Fsp3) is 0.533. The molecule has 7 heteroatoms. The van der Waals surface area contributed by atoms with Crippen molar-refractivity contribution in [3.8, 4) is 0 Å². The monoisotopic (exact) mass is 541 g/mol. The second-order valence-electron chi connectivity index (χ2n) is 11.3. The van der Waals surface area contributed by atoms with Crippen molar-refractivity contribution in [2.24, 2.45) is 5.92 Å². The predicted molar refractivity (Wildman–Crippen MR) is 150 cm³/mol. The van der Waals surface area contributed by atoms with Gasteiger partial charge in [0.2, 0.25) is 11.8 Å². The zero-order chi connectivity index (χ0) is 26.0. The molecule has 0 bridgehead atoms. The molecule has 0 spiro atoms. The van der Waals surface area contributed by atoms with Gasteiger partial charge in [0.15, 0.2) is 0 Å². The third kappa shape index (κ3) is 5.69. The lowest BCUT2D eigenvalue weighted by Crippen LogP contribution is -2.60. The van der Waals surface area contributed by atoms with Crippen molar-refractivity contribution in [2.45, 2.75) is 88.8 Å². The molecule has 2 saturated carbocycles. The smallest absolute Gasteiger partial charge is 0.249 e. The van der Waals surface area contributed by atoms with Crippen LogP contribution in [-0.4, -0.2) is 35.3 Å². The zero-order valence-electron chi connectivity index (χ0n) is 21.6. The average molecular weight is 543 g/mol. The van der Waals surface area contributed by atoms with Gasteiger partial charge in [-0.15, -0.1) is 0 Å². The molecule has 2 amide bonds. The molecule has 198 valence electrons. The van der Waals surface area contributed by atoms with Crippen molar-refractivity contribution in [3.05, 3.63) is 63.6 Å². The SMILES string of the molecule is C[C@@H]1CCC[C@@H](N(CC(=O)NC2CCCCC2)C2(Cc3cccc(Cl)c3)C(=O)Nc3cc(Cl)ccc32)C1. The number of rotatable bonds is 7. The van der Waals surface area contributed by atoms with Gasteiger partial charge in [0.05, 0.1) is 6.54 Å². The number of hydrogen-bond acceptors (Lipinski definition) is 3. The number of nitrogens with one attached hydrogen (secondary N) is 2. The van der Waals surface area contributed by atoms with Crippen LogP contribution in [0.25, 0.3) is 0 Å². The Balaban J connectivity index is 1.57. The maximum atomic E-state index is 14.1. The molecule has 2 N–H and O–H groups in total. The Bertz CT molecular complexity index is 1150. The van der Waals surface area contributed by atoms with E-state index in [4.69, 9.17) is 23.2 Å². The van der Waals surface area contributed by atoms with Crippen LogP contribution in [-0.2, 0) is 21.5 Å². The predicted octanol–water partition coefficient (Wildman–Crippen LogP) is 6.71. The largest absolute Gasteiger partial charge is 0.352 e. The third-order valence-corrected chi connectivity index (χ3v) is 8.99.